The second-order valence-corrected chi connectivity index (χ2v) is 6.74. The lowest BCUT2D eigenvalue weighted by molar-refractivity contribution is 0.146. The summed E-state index contributed by atoms with van der Waals surface area (Å²) in [5.74, 6) is 0. The third-order valence-corrected chi connectivity index (χ3v) is 3.46. The van der Waals surface area contributed by atoms with Crippen LogP contribution in [0.2, 0.25) is 0 Å². The lowest BCUT2D eigenvalue weighted by Crippen LogP contribution is -2.61. The van der Waals surface area contributed by atoms with Crippen molar-refractivity contribution in [1.82, 2.24) is 10.6 Å². The highest BCUT2D eigenvalue weighted by Crippen LogP contribution is 2.28. The molecule has 1 heterocycles. The standard InChI is InChI=1S/C14H30N2O/c1-13(2)10-12(11-14(3,4)16-13)15-8-6-5-7-9-17/h12,15-17H,5-11H2,1-4H3. The summed E-state index contributed by atoms with van der Waals surface area (Å²) in [5.41, 5.74) is 0.453. The maximum atomic E-state index is 8.72. The molecule has 0 atom stereocenters. The number of aliphatic hydroxyl groups is 1. The molecule has 3 N–H and O–H groups in total. The SMILES string of the molecule is CC1(C)CC(NCCCCCO)CC(C)(C)N1. The van der Waals surface area contributed by atoms with Gasteiger partial charge in [0, 0.05) is 23.7 Å². The zero-order valence-corrected chi connectivity index (χ0v) is 12.0. The molecule has 17 heavy (non-hydrogen) atoms. The summed E-state index contributed by atoms with van der Waals surface area (Å²) in [6.07, 6.45) is 5.62. The van der Waals surface area contributed by atoms with Gasteiger partial charge < -0.3 is 15.7 Å². The molecule has 0 saturated carbocycles. The molecule has 1 aliphatic heterocycles. The molecule has 0 spiro atoms. The molecule has 3 nitrogen and oxygen atoms in total. The van der Waals surface area contributed by atoms with E-state index in [-0.39, 0.29) is 11.1 Å². The van der Waals surface area contributed by atoms with Crippen molar-refractivity contribution in [2.45, 2.75) is 76.9 Å². The van der Waals surface area contributed by atoms with Crippen LogP contribution in [0.25, 0.3) is 0 Å². The van der Waals surface area contributed by atoms with Gasteiger partial charge in [-0.25, -0.2) is 0 Å². The summed E-state index contributed by atoms with van der Waals surface area (Å²) >= 11 is 0. The molecule has 0 aromatic heterocycles. The molecule has 0 unspecified atom stereocenters. The second-order valence-electron chi connectivity index (χ2n) is 6.74. The van der Waals surface area contributed by atoms with E-state index >= 15 is 0 Å². The molecule has 0 bridgehead atoms. The van der Waals surface area contributed by atoms with E-state index in [1.807, 2.05) is 0 Å². The maximum absolute atomic E-state index is 8.72. The van der Waals surface area contributed by atoms with Gasteiger partial charge >= 0.3 is 0 Å². The van der Waals surface area contributed by atoms with Gasteiger partial charge in [0.15, 0.2) is 0 Å². The average Bonchev–Trinajstić information content (AvgIpc) is 2.12. The normalized spacial score (nSPS) is 23.8. The molecule has 1 aliphatic rings. The fourth-order valence-electron chi connectivity index (χ4n) is 3.19. The highest BCUT2D eigenvalue weighted by molar-refractivity contribution is 4.99. The third kappa shape index (κ3) is 5.84. The summed E-state index contributed by atoms with van der Waals surface area (Å²) in [4.78, 5) is 0. The first-order valence-electron chi connectivity index (χ1n) is 6.98. The Labute approximate surface area is 106 Å². The smallest absolute Gasteiger partial charge is 0.0431 e. The molecular formula is C14H30N2O. The minimum absolute atomic E-state index is 0.227. The largest absolute Gasteiger partial charge is 0.396 e. The minimum atomic E-state index is 0.227. The van der Waals surface area contributed by atoms with E-state index in [9.17, 15) is 0 Å². The van der Waals surface area contributed by atoms with Crippen molar-refractivity contribution in [3.8, 4) is 0 Å². The van der Waals surface area contributed by atoms with Gasteiger partial charge in [-0.3, -0.25) is 0 Å². The van der Waals surface area contributed by atoms with Crippen LogP contribution in [-0.4, -0.2) is 35.4 Å². The lowest BCUT2D eigenvalue weighted by atomic mass is 9.79. The lowest BCUT2D eigenvalue weighted by Gasteiger charge is -2.46. The molecule has 0 aromatic rings. The first-order valence-corrected chi connectivity index (χ1v) is 6.98. The van der Waals surface area contributed by atoms with Gasteiger partial charge in [-0.2, -0.15) is 0 Å². The van der Waals surface area contributed by atoms with Crippen molar-refractivity contribution in [2.24, 2.45) is 0 Å². The summed E-state index contributed by atoms with van der Waals surface area (Å²) in [5, 5.41) is 16.1. The van der Waals surface area contributed by atoms with Crippen LogP contribution in [0.1, 0.15) is 59.8 Å². The van der Waals surface area contributed by atoms with Gasteiger partial charge in [0.1, 0.15) is 0 Å². The molecule has 1 rings (SSSR count). The quantitative estimate of drug-likeness (QED) is 0.625. The van der Waals surface area contributed by atoms with Crippen molar-refractivity contribution < 1.29 is 5.11 Å². The highest BCUT2D eigenvalue weighted by Gasteiger charge is 2.37. The van der Waals surface area contributed by atoms with Crippen molar-refractivity contribution >= 4 is 0 Å². The molecule has 0 aromatic carbocycles. The first kappa shape index (κ1) is 14.9. The number of hydrogen-bond donors (Lipinski definition) is 3. The Morgan fingerprint density at radius 3 is 2.18 bits per heavy atom. The Morgan fingerprint density at radius 2 is 1.65 bits per heavy atom. The predicted octanol–water partition coefficient (Wildman–Crippen LogP) is 2.05. The molecule has 1 fully saturated rings. The van der Waals surface area contributed by atoms with Crippen LogP contribution in [0.4, 0.5) is 0 Å². The fraction of sp³-hybridized carbons (Fsp3) is 1.00. The number of piperidine rings is 1. The first-order chi connectivity index (χ1) is 7.85. The van der Waals surface area contributed by atoms with Crippen LogP contribution >= 0.6 is 0 Å². The Kier molecular flexibility index (Phi) is 5.42. The van der Waals surface area contributed by atoms with Gasteiger partial charge in [0.25, 0.3) is 0 Å². The van der Waals surface area contributed by atoms with E-state index in [1.54, 1.807) is 0 Å². The van der Waals surface area contributed by atoms with Crippen LogP contribution in [0.3, 0.4) is 0 Å². The molecule has 102 valence electrons. The highest BCUT2D eigenvalue weighted by atomic mass is 16.2. The van der Waals surface area contributed by atoms with E-state index in [4.69, 9.17) is 5.11 Å². The Bertz CT molecular complexity index is 210. The van der Waals surface area contributed by atoms with E-state index in [0.717, 1.165) is 19.4 Å². The predicted molar refractivity (Wildman–Crippen MR) is 73.3 cm³/mol. The van der Waals surface area contributed by atoms with E-state index in [2.05, 4.69) is 38.3 Å². The van der Waals surface area contributed by atoms with E-state index < -0.39 is 0 Å². The van der Waals surface area contributed by atoms with E-state index in [0.29, 0.717) is 12.6 Å². The summed E-state index contributed by atoms with van der Waals surface area (Å²) in [7, 11) is 0. The van der Waals surface area contributed by atoms with E-state index in [1.165, 1.54) is 19.3 Å². The number of rotatable bonds is 6. The van der Waals surface area contributed by atoms with Gasteiger partial charge in [-0.05, 0) is 66.3 Å². The van der Waals surface area contributed by atoms with Gasteiger partial charge in [-0.15, -0.1) is 0 Å². The summed E-state index contributed by atoms with van der Waals surface area (Å²) in [6.45, 7) is 10.6. The van der Waals surface area contributed by atoms with Gasteiger partial charge in [0.2, 0.25) is 0 Å². The van der Waals surface area contributed by atoms with Gasteiger partial charge in [0.05, 0.1) is 0 Å². The molecule has 1 saturated heterocycles. The van der Waals surface area contributed by atoms with Crippen LogP contribution in [0, 0.1) is 0 Å². The number of aliphatic hydroxyl groups excluding tert-OH is 1. The molecule has 0 radical (unpaired) electrons. The Balaban J connectivity index is 2.28. The summed E-state index contributed by atoms with van der Waals surface area (Å²) < 4.78 is 0. The fourth-order valence-corrected chi connectivity index (χ4v) is 3.19. The molecule has 0 aliphatic carbocycles. The molecule has 3 heteroatoms. The van der Waals surface area contributed by atoms with Crippen LogP contribution in [-0.2, 0) is 0 Å². The maximum Gasteiger partial charge on any atom is 0.0431 e. The monoisotopic (exact) mass is 242 g/mol. The van der Waals surface area contributed by atoms with Crippen molar-refractivity contribution in [3.63, 3.8) is 0 Å². The molecule has 0 amide bonds. The number of hydrogen-bond acceptors (Lipinski definition) is 3. The Hall–Kier alpha value is -0.120. The topological polar surface area (TPSA) is 44.3 Å². The van der Waals surface area contributed by atoms with Crippen LogP contribution in [0.15, 0.2) is 0 Å². The number of nitrogens with one attached hydrogen (secondary N) is 2. The van der Waals surface area contributed by atoms with Crippen LogP contribution < -0.4 is 10.6 Å². The minimum Gasteiger partial charge on any atom is -0.396 e. The molecular weight excluding hydrogens is 212 g/mol. The Morgan fingerprint density at radius 1 is 1.06 bits per heavy atom. The average molecular weight is 242 g/mol. The zero-order chi connectivity index (χ0) is 12.9. The van der Waals surface area contributed by atoms with Crippen molar-refractivity contribution in [2.75, 3.05) is 13.2 Å². The zero-order valence-electron chi connectivity index (χ0n) is 12.0. The number of unbranched alkanes of at least 4 members (excludes halogenated alkanes) is 2. The van der Waals surface area contributed by atoms with Crippen LogP contribution in [0.5, 0.6) is 0 Å². The van der Waals surface area contributed by atoms with Gasteiger partial charge in [-0.1, -0.05) is 0 Å². The second kappa shape index (κ2) is 6.17. The third-order valence-electron chi connectivity index (χ3n) is 3.46. The van der Waals surface area contributed by atoms with Crippen molar-refractivity contribution in [1.29, 1.82) is 0 Å². The van der Waals surface area contributed by atoms with Crippen molar-refractivity contribution in [3.05, 3.63) is 0 Å². The summed E-state index contributed by atoms with van der Waals surface area (Å²) in [6, 6.07) is 0.621.